The first-order valence-corrected chi connectivity index (χ1v) is 10.3. The molecule has 4 nitrogen and oxygen atoms in total. The van der Waals surface area contributed by atoms with Crippen LogP contribution in [0.15, 0.2) is 42.5 Å². The molecule has 0 saturated heterocycles. The van der Waals surface area contributed by atoms with Crippen LogP contribution in [-0.4, -0.2) is 19.1 Å². The standard InChI is InChI=1S/C24H31NO3/c1-18-8-11-23(16-19(18)2)28-17-24(26)25-21-9-12-22(13-10-21)27-15-14-20-6-4-3-5-7-20/h8-13,16,20H,3-7,14-15,17H2,1-2H3,(H,25,26). The zero-order valence-corrected chi connectivity index (χ0v) is 17.0. The Balaban J connectivity index is 1.39. The van der Waals surface area contributed by atoms with Crippen molar-refractivity contribution in [2.24, 2.45) is 5.92 Å². The van der Waals surface area contributed by atoms with Gasteiger partial charge in [-0.2, -0.15) is 0 Å². The van der Waals surface area contributed by atoms with Crippen molar-refractivity contribution in [1.82, 2.24) is 0 Å². The predicted molar refractivity (Wildman–Crippen MR) is 113 cm³/mol. The second-order valence-corrected chi connectivity index (χ2v) is 7.75. The quantitative estimate of drug-likeness (QED) is 0.641. The van der Waals surface area contributed by atoms with Gasteiger partial charge in [0, 0.05) is 5.69 Å². The number of ether oxygens (including phenoxy) is 2. The number of amides is 1. The van der Waals surface area contributed by atoms with Crippen molar-refractivity contribution in [2.45, 2.75) is 52.4 Å². The third-order valence-electron chi connectivity index (χ3n) is 5.51. The molecule has 1 aliphatic carbocycles. The largest absolute Gasteiger partial charge is 0.494 e. The third-order valence-corrected chi connectivity index (χ3v) is 5.51. The van der Waals surface area contributed by atoms with Crippen molar-refractivity contribution >= 4 is 11.6 Å². The molecule has 1 fully saturated rings. The molecule has 0 unspecified atom stereocenters. The summed E-state index contributed by atoms with van der Waals surface area (Å²) < 4.78 is 11.4. The van der Waals surface area contributed by atoms with Crippen LogP contribution in [0.4, 0.5) is 5.69 Å². The van der Waals surface area contributed by atoms with E-state index >= 15 is 0 Å². The lowest BCUT2D eigenvalue weighted by Crippen LogP contribution is -2.20. The number of anilines is 1. The lowest BCUT2D eigenvalue weighted by Gasteiger charge is -2.21. The Hall–Kier alpha value is -2.49. The molecule has 1 saturated carbocycles. The normalized spacial score (nSPS) is 14.5. The predicted octanol–water partition coefficient (Wildman–Crippen LogP) is 5.67. The summed E-state index contributed by atoms with van der Waals surface area (Å²) in [7, 11) is 0. The fourth-order valence-electron chi connectivity index (χ4n) is 3.60. The number of nitrogens with one attached hydrogen (secondary N) is 1. The molecule has 1 aliphatic rings. The van der Waals surface area contributed by atoms with E-state index in [9.17, 15) is 4.79 Å². The van der Waals surface area contributed by atoms with Gasteiger partial charge in [0.25, 0.3) is 5.91 Å². The van der Waals surface area contributed by atoms with E-state index in [1.54, 1.807) is 0 Å². The molecule has 1 N–H and O–H groups in total. The van der Waals surface area contributed by atoms with Crippen molar-refractivity contribution in [3.05, 3.63) is 53.6 Å². The Morgan fingerprint density at radius 2 is 1.64 bits per heavy atom. The minimum Gasteiger partial charge on any atom is -0.494 e. The zero-order chi connectivity index (χ0) is 19.8. The van der Waals surface area contributed by atoms with Crippen molar-refractivity contribution in [2.75, 3.05) is 18.5 Å². The molecular weight excluding hydrogens is 350 g/mol. The number of carbonyl (C=O) groups excluding carboxylic acids is 1. The highest BCUT2D eigenvalue weighted by molar-refractivity contribution is 5.91. The van der Waals surface area contributed by atoms with Gasteiger partial charge in [-0.25, -0.2) is 0 Å². The van der Waals surface area contributed by atoms with Gasteiger partial charge in [-0.15, -0.1) is 0 Å². The summed E-state index contributed by atoms with van der Waals surface area (Å²) in [5, 5.41) is 2.85. The van der Waals surface area contributed by atoms with Crippen LogP contribution in [0.2, 0.25) is 0 Å². The Bertz CT molecular complexity index is 764. The Kier molecular flexibility index (Phi) is 7.35. The molecule has 0 heterocycles. The maximum absolute atomic E-state index is 12.1. The first-order valence-electron chi connectivity index (χ1n) is 10.3. The third kappa shape index (κ3) is 6.29. The Morgan fingerprint density at radius 1 is 0.929 bits per heavy atom. The van der Waals surface area contributed by atoms with Gasteiger partial charge < -0.3 is 14.8 Å². The Morgan fingerprint density at radius 3 is 2.36 bits per heavy atom. The SMILES string of the molecule is Cc1ccc(OCC(=O)Nc2ccc(OCCC3CCCCC3)cc2)cc1C. The number of carbonyl (C=O) groups is 1. The van der Waals surface area contributed by atoms with Crippen LogP contribution < -0.4 is 14.8 Å². The number of hydrogen-bond donors (Lipinski definition) is 1. The fourth-order valence-corrected chi connectivity index (χ4v) is 3.60. The second kappa shape index (κ2) is 10.2. The van der Waals surface area contributed by atoms with Crippen molar-refractivity contribution in [3.63, 3.8) is 0 Å². The van der Waals surface area contributed by atoms with Crippen LogP contribution in [-0.2, 0) is 4.79 Å². The van der Waals surface area contributed by atoms with Crippen LogP contribution in [0.3, 0.4) is 0 Å². The Labute approximate surface area is 168 Å². The van der Waals surface area contributed by atoms with E-state index in [2.05, 4.69) is 12.2 Å². The molecular formula is C24H31NO3. The summed E-state index contributed by atoms with van der Waals surface area (Å²) in [6, 6.07) is 13.4. The lowest BCUT2D eigenvalue weighted by atomic mass is 9.87. The van der Waals surface area contributed by atoms with Gasteiger partial charge >= 0.3 is 0 Å². The molecule has 0 radical (unpaired) electrons. The van der Waals surface area contributed by atoms with Crippen molar-refractivity contribution < 1.29 is 14.3 Å². The molecule has 0 aliphatic heterocycles. The highest BCUT2D eigenvalue weighted by Crippen LogP contribution is 2.26. The highest BCUT2D eigenvalue weighted by atomic mass is 16.5. The van der Waals surface area contributed by atoms with Crippen LogP contribution in [0.25, 0.3) is 0 Å². The monoisotopic (exact) mass is 381 g/mol. The van der Waals surface area contributed by atoms with E-state index in [0.29, 0.717) is 5.75 Å². The van der Waals surface area contributed by atoms with Crippen LogP contribution in [0.1, 0.15) is 49.7 Å². The van der Waals surface area contributed by atoms with Gasteiger partial charge in [-0.3, -0.25) is 4.79 Å². The first-order chi connectivity index (χ1) is 13.6. The van der Waals surface area contributed by atoms with Gasteiger partial charge in [0.05, 0.1) is 6.61 Å². The average Bonchev–Trinajstić information content (AvgIpc) is 2.71. The van der Waals surface area contributed by atoms with Gasteiger partial charge in [0.2, 0.25) is 0 Å². The molecule has 1 amide bonds. The smallest absolute Gasteiger partial charge is 0.262 e. The molecule has 2 aromatic rings. The molecule has 150 valence electrons. The molecule has 3 rings (SSSR count). The van der Waals surface area contributed by atoms with E-state index in [1.807, 2.05) is 49.4 Å². The molecule has 0 atom stereocenters. The van der Waals surface area contributed by atoms with Gasteiger partial charge in [0.1, 0.15) is 11.5 Å². The molecule has 28 heavy (non-hydrogen) atoms. The number of hydrogen-bond acceptors (Lipinski definition) is 3. The van der Waals surface area contributed by atoms with Crippen LogP contribution in [0.5, 0.6) is 11.5 Å². The zero-order valence-electron chi connectivity index (χ0n) is 17.0. The van der Waals surface area contributed by atoms with E-state index < -0.39 is 0 Å². The maximum atomic E-state index is 12.1. The fraction of sp³-hybridized carbons (Fsp3) is 0.458. The summed E-state index contributed by atoms with van der Waals surface area (Å²) in [6.45, 7) is 4.83. The van der Waals surface area contributed by atoms with Gasteiger partial charge in [0.15, 0.2) is 6.61 Å². The van der Waals surface area contributed by atoms with Gasteiger partial charge in [-0.1, -0.05) is 38.2 Å². The van der Waals surface area contributed by atoms with Crippen LogP contribution >= 0.6 is 0 Å². The molecule has 0 aromatic heterocycles. The van der Waals surface area contributed by atoms with E-state index in [0.717, 1.165) is 35.9 Å². The number of benzene rings is 2. The minimum absolute atomic E-state index is 0.0118. The summed E-state index contributed by atoms with van der Waals surface area (Å²) in [4.78, 5) is 12.1. The molecule has 2 aromatic carbocycles. The average molecular weight is 382 g/mol. The molecule has 4 heteroatoms. The molecule has 0 bridgehead atoms. The summed E-state index contributed by atoms with van der Waals surface area (Å²) in [6.07, 6.45) is 7.95. The van der Waals surface area contributed by atoms with E-state index in [-0.39, 0.29) is 12.5 Å². The molecule has 0 spiro atoms. The topological polar surface area (TPSA) is 47.6 Å². The van der Waals surface area contributed by atoms with Crippen molar-refractivity contribution in [3.8, 4) is 11.5 Å². The summed E-state index contributed by atoms with van der Waals surface area (Å²) in [5.41, 5.74) is 3.10. The van der Waals surface area contributed by atoms with Crippen LogP contribution in [0, 0.1) is 19.8 Å². The lowest BCUT2D eigenvalue weighted by molar-refractivity contribution is -0.118. The maximum Gasteiger partial charge on any atom is 0.262 e. The highest BCUT2D eigenvalue weighted by Gasteiger charge is 2.13. The van der Waals surface area contributed by atoms with Gasteiger partial charge in [-0.05, 0) is 73.7 Å². The summed E-state index contributed by atoms with van der Waals surface area (Å²) >= 11 is 0. The number of aryl methyl sites for hydroxylation is 2. The number of rotatable bonds is 8. The minimum atomic E-state index is -0.177. The van der Waals surface area contributed by atoms with Crippen molar-refractivity contribution in [1.29, 1.82) is 0 Å². The first kappa shape index (κ1) is 20.2. The van der Waals surface area contributed by atoms with E-state index in [1.165, 1.54) is 37.7 Å². The summed E-state index contributed by atoms with van der Waals surface area (Å²) in [5.74, 6) is 2.20. The second-order valence-electron chi connectivity index (χ2n) is 7.75. The van der Waals surface area contributed by atoms with E-state index in [4.69, 9.17) is 9.47 Å².